The number of nitrogens with zero attached hydrogens (tertiary/aromatic N) is 3. The molecule has 0 aliphatic carbocycles. The minimum absolute atomic E-state index is 0.00289. The molecule has 6 nitrogen and oxygen atoms in total. The smallest absolute Gasteiger partial charge is 0.339 e. The Hall–Kier alpha value is -2.11. The van der Waals surface area contributed by atoms with Gasteiger partial charge < -0.3 is 14.5 Å². The lowest BCUT2D eigenvalue weighted by molar-refractivity contribution is -0.127. The van der Waals surface area contributed by atoms with Crippen molar-refractivity contribution in [1.82, 2.24) is 9.88 Å². The summed E-state index contributed by atoms with van der Waals surface area (Å²) in [5, 5.41) is 0. The Morgan fingerprint density at radius 3 is 2.40 bits per heavy atom. The lowest BCUT2D eigenvalue weighted by Crippen LogP contribution is -2.37. The number of carbonyl (C=O) groups excluding carboxylic acids is 2. The number of hydrogen-bond acceptors (Lipinski definition) is 5. The van der Waals surface area contributed by atoms with E-state index in [-0.39, 0.29) is 18.4 Å². The molecule has 0 aliphatic heterocycles. The normalized spacial score (nSPS) is 10.0. The molecule has 1 aromatic rings. The molecule has 1 rings (SSSR count). The first-order valence-corrected chi connectivity index (χ1v) is 6.57. The third-order valence-electron chi connectivity index (χ3n) is 2.79. The summed E-state index contributed by atoms with van der Waals surface area (Å²) in [6, 6.07) is 3.38. The molecule has 1 amide bonds. The van der Waals surface area contributed by atoms with Gasteiger partial charge in [0.1, 0.15) is 5.82 Å². The van der Waals surface area contributed by atoms with Gasteiger partial charge in [-0.2, -0.15) is 0 Å². The van der Waals surface area contributed by atoms with E-state index in [2.05, 4.69) is 4.98 Å². The fraction of sp³-hybridized carbons (Fsp3) is 0.500. The number of carbonyl (C=O) groups is 2. The van der Waals surface area contributed by atoms with Gasteiger partial charge >= 0.3 is 5.97 Å². The van der Waals surface area contributed by atoms with Crippen molar-refractivity contribution >= 4 is 17.7 Å². The molecule has 0 bridgehead atoms. The van der Waals surface area contributed by atoms with Crippen molar-refractivity contribution in [3.8, 4) is 0 Å². The van der Waals surface area contributed by atoms with Gasteiger partial charge in [0.2, 0.25) is 5.91 Å². The van der Waals surface area contributed by atoms with Crippen LogP contribution in [-0.4, -0.2) is 55.6 Å². The van der Waals surface area contributed by atoms with Gasteiger partial charge in [0.25, 0.3) is 0 Å². The van der Waals surface area contributed by atoms with Crippen LogP contribution in [0.25, 0.3) is 0 Å². The largest absolute Gasteiger partial charge is 0.462 e. The van der Waals surface area contributed by atoms with Gasteiger partial charge in [-0.3, -0.25) is 4.79 Å². The molecule has 0 N–H and O–H groups in total. The number of ether oxygens (including phenoxy) is 1. The highest BCUT2D eigenvalue weighted by atomic mass is 16.5. The zero-order chi connectivity index (χ0) is 15.1. The average molecular weight is 279 g/mol. The molecule has 20 heavy (non-hydrogen) atoms. The molecule has 6 heteroatoms. The Morgan fingerprint density at radius 1 is 1.25 bits per heavy atom. The Balaban J connectivity index is 2.79. The van der Waals surface area contributed by atoms with Crippen LogP contribution < -0.4 is 4.90 Å². The maximum Gasteiger partial charge on any atom is 0.339 e. The quantitative estimate of drug-likeness (QED) is 0.732. The molecule has 0 spiro atoms. The predicted octanol–water partition coefficient (Wildman–Crippen LogP) is 1.17. The number of esters is 1. The summed E-state index contributed by atoms with van der Waals surface area (Å²) in [6.07, 6.45) is 1.47. The third kappa shape index (κ3) is 4.22. The van der Waals surface area contributed by atoms with Crippen LogP contribution in [0, 0.1) is 0 Å². The predicted molar refractivity (Wildman–Crippen MR) is 76.8 cm³/mol. The number of rotatable bonds is 6. The standard InChI is InChI=1S/C14H21N3O3/c1-5-17(10-13(18)16(3)4)12-8-7-11(9-15-12)14(19)20-6-2/h7-9H,5-6,10H2,1-4H3. The summed E-state index contributed by atoms with van der Waals surface area (Å²) >= 11 is 0. The summed E-state index contributed by atoms with van der Waals surface area (Å²) in [5.74, 6) is 0.276. The Kier molecular flexibility index (Phi) is 5.96. The molecule has 0 saturated carbocycles. The zero-order valence-electron chi connectivity index (χ0n) is 12.4. The van der Waals surface area contributed by atoms with E-state index >= 15 is 0 Å². The fourth-order valence-electron chi connectivity index (χ4n) is 1.57. The van der Waals surface area contributed by atoms with E-state index in [4.69, 9.17) is 4.74 Å². The Morgan fingerprint density at radius 2 is 1.95 bits per heavy atom. The van der Waals surface area contributed by atoms with Crippen LogP contribution in [-0.2, 0) is 9.53 Å². The molecule has 110 valence electrons. The summed E-state index contributed by atoms with van der Waals surface area (Å²) in [5.41, 5.74) is 0.408. The topological polar surface area (TPSA) is 62.7 Å². The van der Waals surface area contributed by atoms with Crippen LogP contribution in [0.1, 0.15) is 24.2 Å². The zero-order valence-corrected chi connectivity index (χ0v) is 12.4. The number of pyridine rings is 1. The Labute approximate surface area is 119 Å². The second-order valence-corrected chi connectivity index (χ2v) is 4.43. The van der Waals surface area contributed by atoms with E-state index in [1.165, 1.54) is 11.1 Å². The number of aromatic nitrogens is 1. The maximum absolute atomic E-state index is 11.7. The average Bonchev–Trinajstić information content (AvgIpc) is 2.44. The van der Waals surface area contributed by atoms with Crippen molar-refractivity contribution in [2.45, 2.75) is 13.8 Å². The summed E-state index contributed by atoms with van der Waals surface area (Å²) in [6.45, 7) is 4.95. The van der Waals surface area contributed by atoms with Crippen molar-refractivity contribution in [1.29, 1.82) is 0 Å². The van der Waals surface area contributed by atoms with Gasteiger partial charge in [-0.05, 0) is 26.0 Å². The fourth-order valence-corrected chi connectivity index (χ4v) is 1.57. The van der Waals surface area contributed by atoms with Gasteiger partial charge in [0, 0.05) is 26.8 Å². The van der Waals surface area contributed by atoms with Crippen LogP contribution in [0.3, 0.4) is 0 Å². The van der Waals surface area contributed by atoms with Gasteiger partial charge in [-0.15, -0.1) is 0 Å². The first-order valence-electron chi connectivity index (χ1n) is 6.57. The van der Waals surface area contributed by atoms with Crippen molar-refractivity contribution in [2.24, 2.45) is 0 Å². The lowest BCUT2D eigenvalue weighted by Gasteiger charge is -2.23. The van der Waals surface area contributed by atoms with E-state index in [0.29, 0.717) is 24.5 Å². The maximum atomic E-state index is 11.7. The molecule has 0 aromatic carbocycles. The molecule has 0 unspecified atom stereocenters. The molecule has 0 aliphatic rings. The van der Waals surface area contributed by atoms with Crippen LogP contribution in [0.5, 0.6) is 0 Å². The second-order valence-electron chi connectivity index (χ2n) is 4.43. The highest BCUT2D eigenvalue weighted by molar-refractivity contribution is 5.89. The number of likely N-dealkylation sites (N-methyl/N-ethyl adjacent to an activating group) is 2. The van der Waals surface area contributed by atoms with Crippen molar-refractivity contribution in [2.75, 3.05) is 38.7 Å². The van der Waals surface area contributed by atoms with Crippen LogP contribution in [0.4, 0.5) is 5.82 Å². The molecule has 0 fully saturated rings. The molecule has 0 radical (unpaired) electrons. The second kappa shape index (κ2) is 7.47. The molecular formula is C14H21N3O3. The van der Waals surface area contributed by atoms with E-state index in [9.17, 15) is 9.59 Å². The summed E-state index contributed by atoms with van der Waals surface area (Å²) < 4.78 is 4.90. The minimum atomic E-state index is -0.390. The lowest BCUT2D eigenvalue weighted by atomic mass is 10.3. The summed E-state index contributed by atoms with van der Waals surface area (Å²) in [4.78, 5) is 30.9. The van der Waals surface area contributed by atoms with Gasteiger partial charge in [0.05, 0.1) is 18.7 Å². The monoisotopic (exact) mass is 279 g/mol. The molecule has 0 saturated heterocycles. The van der Waals surface area contributed by atoms with Crippen molar-refractivity contribution < 1.29 is 14.3 Å². The van der Waals surface area contributed by atoms with E-state index in [1.807, 2.05) is 11.8 Å². The molecular weight excluding hydrogens is 258 g/mol. The number of hydrogen-bond donors (Lipinski definition) is 0. The minimum Gasteiger partial charge on any atom is -0.462 e. The van der Waals surface area contributed by atoms with E-state index < -0.39 is 0 Å². The highest BCUT2D eigenvalue weighted by Crippen LogP contribution is 2.12. The van der Waals surface area contributed by atoms with Gasteiger partial charge in [-0.1, -0.05) is 0 Å². The van der Waals surface area contributed by atoms with Crippen LogP contribution in [0.2, 0.25) is 0 Å². The van der Waals surface area contributed by atoms with Crippen LogP contribution in [0.15, 0.2) is 18.3 Å². The van der Waals surface area contributed by atoms with Crippen LogP contribution >= 0.6 is 0 Å². The molecule has 0 atom stereocenters. The SMILES string of the molecule is CCOC(=O)c1ccc(N(CC)CC(=O)N(C)C)nc1. The van der Waals surface area contributed by atoms with Gasteiger partial charge in [0.15, 0.2) is 0 Å². The molecule has 1 aromatic heterocycles. The first kappa shape index (κ1) is 15.9. The first-order chi connectivity index (χ1) is 9.49. The van der Waals surface area contributed by atoms with Crippen molar-refractivity contribution in [3.63, 3.8) is 0 Å². The van der Waals surface area contributed by atoms with Crippen molar-refractivity contribution in [3.05, 3.63) is 23.9 Å². The van der Waals surface area contributed by atoms with E-state index in [0.717, 1.165) is 0 Å². The van der Waals surface area contributed by atoms with Gasteiger partial charge in [-0.25, -0.2) is 9.78 Å². The summed E-state index contributed by atoms with van der Waals surface area (Å²) in [7, 11) is 3.43. The number of amides is 1. The molecule has 1 heterocycles. The third-order valence-corrected chi connectivity index (χ3v) is 2.79. The number of anilines is 1. The van der Waals surface area contributed by atoms with E-state index in [1.54, 1.807) is 33.2 Å². The Bertz CT molecular complexity index is 457. The highest BCUT2D eigenvalue weighted by Gasteiger charge is 2.13.